The smallest absolute Gasteiger partial charge is 0.0991 e. The maximum atomic E-state index is 8.80. The van der Waals surface area contributed by atoms with Crippen molar-refractivity contribution in [3.05, 3.63) is 47.2 Å². The summed E-state index contributed by atoms with van der Waals surface area (Å²) in [5.74, 6) is 0.730. The zero-order valence-corrected chi connectivity index (χ0v) is 12.5. The Morgan fingerprint density at radius 2 is 1.83 bits per heavy atom. The first-order valence-corrected chi connectivity index (χ1v) is 8.58. The molecule has 0 heterocycles. The number of allylic oxidation sites excluding steroid dienone is 1. The summed E-state index contributed by atoms with van der Waals surface area (Å²) in [6, 6.07) is 10.4. The van der Waals surface area contributed by atoms with Gasteiger partial charge >= 0.3 is 0 Å². The molecule has 94 valence electrons. The predicted molar refractivity (Wildman–Crippen MR) is 79.5 cm³/mol. The van der Waals surface area contributed by atoms with Crippen LogP contribution in [0.15, 0.2) is 36.0 Å². The molecular formula is C16H21NSi. The van der Waals surface area contributed by atoms with Gasteiger partial charge in [-0.2, -0.15) is 5.26 Å². The minimum Gasteiger partial charge on any atom is -0.192 e. The molecule has 0 saturated heterocycles. The van der Waals surface area contributed by atoms with Crippen LogP contribution in [0, 0.1) is 11.3 Å². The molecule has 0 radical (unpaired) electrons. The van der Waals surface area contributed by atoms with E-state index >= 15 is 0 Å². The first-order valence-electron chi connectivity index (χ1n) is 6.94. The van der Waals surface area contributed by atoms with E-state index in [4.69, 9.17) is 5.26 Å². The third kappa shape index (κ3) is 3.33. The molecule has 2 heteroatoms. The van der Waals surface area contributed by atoms with Crippen LogP contribution in [0.3, 0.4) is 0 Å². The molecule has 1 saturated carbocycles. The first-order chi connectivity index (χ1) is 8.83. The largest absolute Gasteiger partial charge is 0.192 e. The van der Waals surface area contributed by atoms with Crippen molar-refractivity contribution in [2.45, 2.75) is 44.1 Å². The fraction of sp³-hybridized carbons (Fsp3) is 0.438. The van der Waals surface area contributed by atoms with Gasteiger partial charge in [-0.25, -0.2) is 0 Å². The van der Waals surface area contributed by atoms with Gasteiger partial charge < -0.3 is 0 Å². The molecule has 18 heavy (non-hydrogen) atoms. The number of rotatable bonds is 3. The Balaban J connectivity index is 1.90. The Kier molecular flexibility index (Phi) is 4.78. The van der Waals surface area contributed by atoms with Gasteiger partial charge in [-0.15, -0.1) is 5.70 Å². The zero-order chi connectivity index (χ0) is 12.8. The van der Waals surface area contributed by atoms with Crippen LogP contribution in [0.5, 0.6) is 0 Å². The lowest BCUT2D eigenvalue weighted by molar-refractivity contribution is 0.442. The quantitative estimate of drug-likeness (QED) is 0.755. The molecule has 1 aliphatic rings. The van der Waals surface area contributed by atoms with Crippen LogP contribution in [0.1, 0.15) is 49.7 Å². The summed E-state index contributed by atoms with van der Waals surface area (Å²) >= 11 is 0. The van der Waals surface area contributed by atoms with Crippen LogP contribution in [0.25, 0.3) is 0 Å². The molecule has 0 spiro atoms. The topological polar surface area (TPSA) is 23.8 Å². The zero-order valence-electron chi connectivity index (χ0n) is 11.1. The second-order valence-electron chi connectivity index (χ2n) is 5.26. The maximum absolute atomic E-state index is 8.80. The molecule has 0 N–H and O–H groups in total. The van der Waals surface area contributed by atoms with Crippen molar-refractivity contribution >= 4 is 9.52 Å². The monoisotopic (exact) mass is 255 g/mol. The van der Waals surface area contributed by atoms with Crippen molar-refractivity contribution in [3.63, 3.8) is 0 Å². The molecule has 1 nitrogen and oxygen atoms in total. The molecule has 0 bridgehead atoms. The Morgan fingerprint density at radius 3 is 2.39 bits per heavy atom. The van der Waals surface area contributed by atoms with E-state index in [0.717, 1.165) is 17.0 Å². The fourth-order valence-corrected chi connectivity index (χ4v) is 4.49. The van der Waals surface area contributed by atoms with Crippen molar-refractivity contribution in [2.24, 2.45) is 0 Å². The van der Waals surface area contributed by atoms with Crippen LogP contribution in [-0.4, -0.2) is 9.52 Å². The first kappa shape index (κ1) is 13.1. The third-order valence-electron chi connectivity index (χ3n) is 4.06. The Labute approximate surface area is 112 Å². The molecular weight excluding hydrogens is 234 g/mol. The average Bonchev–Trinajstić information content (AvgIpc) is 2.46. The van der Waals surface area contributed by atoms with Gasteiger partial charge in [-0.3, -0.25) is 0 Å². The van der Waals surface area contributed by atoms with E-state index in [1.165, 1.54) is 31.2 Å². The highest BCUT2D eigenvalue weighted by molar-refractivity contribution is 6.43. The maximum Gasteiger partial charge on any atom is 0.0991 e. The standard InChI is InChI=1S/C16H21NSi/c1-2-11-18-16-9-7-15(8-10-16)14-5-3-13(12-17)4-6-14/h2-6,11,15-16H,7-10,18H2,1H3/b11-2-. The van der Waals surface area contributed by atoms with Crippen molar-refractivity contribution in [3.8, 4) is 6.07 Å². The molecule has 0 unspecified atom stereocenters. The second-order valence-corrected chi connectivity index (χ2v) is 7.35. The number of hydrogen-bond donors (Lipinski definition) is 0. The minimum atomic E-state index is 0.0292. The summed E-state index contributed by atoms with van der Waals surface area (Å²) in [5, 5.41) is 8.80. The van der Waals surface area contributed by atoms with Crippen molar-refractivity contribution in [2.75, 3.05) is 0 Å². The molecule has 1 fully saturated rings. The Bertz CT molecular complexity index is 433. The lowest BCUT2D eigenvalue weighted by Crippen LogP contribution is -2.13. The third-order valence-corrected chi connectivity index (χ3v) is 6.29. The van der Waals surface area contributed by atoms with Crippen molar-refractivity contribution in [1.29, 1.82) is 5.26 Å². The summed E-state index contributed by atoms with van der Waals surface area (Å²) in [5.41, 5.74) is 5.66. The fourth-order valence-electron chi connectivity index (χ4n) is 2.89. The van der Waals surface area contributed by atoms with Gasteiger partial charge in [-0.1, -0.05) is 31.1 Å². The highest BCUT2D eigenvalue weighted by atomic mass is 28.2. The lowest BCUT2D eigenvalue weighted by Gasteiger charge is -2.28. The van der Waals surface area contributed by atoms with Crippen molar-refractivity contribution in [1.82, 2.24) is 0 Å². The highest BCUT2D eigenvalue weighted by Crippen LogP contribution is 2.38. The van der Waals surface area contributed by atoms with E-state index in [2.05, 4.69) is 36.9 Å². The van der Waals surface area contributed by atoms with Crippen LogP contribution in [0.4, 0.5) is 0 Å². The van der Waals surface area contributed by atoms with Gasteiger partial charge in [0.15, 0.2) is 0 Å². The molecule has 1 aliphatic carbocycles. The van der Waals surface area contributed by atoms with Crippen molar-refractivity contribution < 1.29 is 0 Å². The van der Waals surface area contributed by atoms with Gasteiger partial charge in [0.05, 0.1) is 11.6 Å². The van der Waals surface area contributed by atoms with E-state index in [1.54, 1.807) is 0 Å². The normalized spacial score (nSPS) is 24.7. The number of benzene rings is 1. The Morgan fingerprint density at radius 1 is 1.17 bits per heavy atom. The van der Waals surface area contributed by atoms with E-state index < -0.39 is 0 Å². The molecule has 0 aliphatic heterocycles. The van der Waals surface area contributed by atoms with Gasteiger partial charge in [0.1, 0.15) is 0 Å². The van der Waals surface area contributed by atoms with Gasteiger partial charge in [0.2, 0.25) is 0 Å². The molecule has 0 amide bonds. The molecule has 0 atom stereocenters. The number of nitriles is 1. The second kappa shape index (κ2) is 6.56. The van der Waals surface area contributed by atoms with Crippen LogP contribution < -0.4 is 0 Å². The average molecular weight is 255 g/mol. The van der Waals surface area contributed by atoms with Crippen LogP contribution in [0.2, 0.25) is 5.54 Å². The minimum absolute atomic E-state index is 0.0292. The lowest BCUT2D eigenvalue weighted by atomic mass is 9.83. The van der Waals surface area contributed by atoms with E-state index in [9.17, 15) is 0 Å². The summed E-state index contributed by atoms with van der Waals surface area (Å²) in [7, 11) is 0.0292. The van der Waals surface area contributed by atoms with Crippen LogP contribution in [-0.2, 0) is 0 Å². The van der Waals surface area contributed by atoms with Gasteiger partial charge in [-0.05, 0) is 48.9 Å². The number of hydrogen-bond acceptors (Lipinski definition) is 1. The summed E-state index contributed by atoms with van der Waals surface area (Å²) in [6.07, 6.45) is 7.70. The van der Waals surface area contributed by atoms with E-state index in [0.29, 0.717) is 0 Å². The summed E-state index contributed by atoms with van der Waals surface area (Å²) in [6.45, 7) is 2.13. The molecule has 1 aromatic carbocycles. The van der Waals surface area contributed by atoms with E-state index in [-0.39, 0.29) is 9.52 Å². The van der Waals surface area contributed by atoms with Gasteiger partial charge in [0, 0.05) is 9.52 Å². The van der Waals surface area contributed by atoms with Crippen LogP contribution >= 0.6 is 0 Å². The van der Waals surface area contributed by atoms with Gasteiger partial charge in [0.25, 0.3) is 0 Å². The predicted octanol–water partition coefficient (Wildman–Crippen LogP) is 3.71. The molecule has 0 aromatic heterocycles. The molecule has 2 rings (SSSR count). The Hall–Kier alpha value is -1.33. The highest BCUT2D eigenvalue weighted by Gasteiger charge is 2.21. The summed E-state index contributed by atoms with van der Waals surface area (Å²) < 4.78 is 0. The molecule has 1 aromatic rings. The summed E-state index contributed by atoms with van der Waals surface area (Å²) in [4.78, 5) is 0. The SMILES string of the molecule is C/C=C\[SiH2]C1CCC(c2ccc(C#N)cc2)CC1. The number of nitrogens with zero attached hydrogens (tertiary/aromatic N) is 1. The van der Waals surface area contributed by atoms with E-state index in [1.807, 2.05) is 12.1 Å².